The van der Waals surface area contributed by atoms with Gasteiger partial charge in [-0.1, -0.05) is 11.8 Å². The molecule has 1 aliphatic heterocycles. The number of nitrogens with one attached hydrogen (secondary N) is 1. The minimum absolute atomic E-state index is 0.0139. The molecule has 1 fully saturated rings. The number of aromatic nitrogens is 3. The number of phenolic OH excluding ortho intramolecular Hbond substituents is 1. The Morgan fingerprint density at radius 2 is 1.77 bits per heavy atom. The summed E-state index contributed by atoms with van der Waals surface area (Å²) in [5.41, 5.74) is 0.792. The minimum atomic E-state index is -0.0139. The number of benzene rings is 1. The van der Waals surface area contributed by atoms with E-state index < -0.39 is 0 Å². The molecule has 0 aliphatic carbocycles. The highest BCUT2D eigenvalue weighted by Gasteiger charge is 2.18. The maximum absolute atomic E-state index is 10.1. The number of rotatable bonds is 7. The molecule has 7 nitrogen and oxygen atoms in total. The molecule has 2 heterocycles. The number of nitrogens with zero attached hydrogens (tertiary/aromatic N) is 3. The molecule has 0 saturated carbocycles. The van der Waals surface area contributed by atoms with E-state index >= 15 is 0 Å². The molecule has 1 saturated heterocycles. The molecule has 0 unspecified atom stereocenters. The zero-order valence-electron chi connectivity index (χ0n) is 15.6. The third-order valence-electron chi connectivity index (χ3n) is 4.82. The lowest BCUT2D eigenvalue weighted by Crippen LogP contribution is -3.13. The summed E-state index contributed by atoms with van der Waals surface area (Å²) in [6, 6.07) is 3.49. The summed E-state index contributed by atoms with van der Waals surface area (Å²) in [6.45, 7) is 3.74. The van der Waals surface area contributed by atoms with Gasteiger partial charge in [0.15, 0.2) is 22.5 Å². The van der Waals surface area contributed by atoms with Gasteiger partial charge in [-0.15, -0.1) is 10.2 Å². The van der Waals surface area contributed by atoms with E-state index in [0.29, 0.717) is 11.5 Å². The Labute approximate surface area is 158 Å². The highest BCUT2D eigenvalue weighted by molar-refractivity contribution is 7.99. The first-order valence-electron chi connectivity index (χ1n) is 8.95. The van der Waals surface area contributed by atoms with Crippen molar-refractivity contribution in [3.05, 3.63) is 12.1 Å². The van der Waals surface area contributed by atoms with Crippen molar-refractivity contribution in [1.82, 2.24) is 14.8 Å². The normalized spacial score (nSPS) is 15.2. The number of hydrogen-bond donors (Lipinski definition) is 2. The van der Waals surface area contributed by atoms with Crippen LogP contribution in [-0.2, 0) is 7.05 Å². The van der Waals surface area contributed by atoms with Crippen LogP contribution in [0.4, 0.5) is 0 Å². The number of ether oxygens (including phenoxy) is 2. The van der Waals surface area contributed by atoms with Gasteiger partial charge in [0.1, 0.15) is 0 Å². The topological polar surface area (TPSA) is 73.8 Å². The highest BCUT2D eigenvalue weighted by Crippen LogP contribution is 2.40. The third-order valence-corrected chi connectivity index (χ3v) is 5.84. The van der Waals surface area contributed by atoms with Crippen molar-refractivity contribution in [2.24, 2.45) is 7.05 Å². The SMILES string of the molecule is COc1cc(-c2nnc(SCC[NH+]3CCCCC3)n2C)cc(OC)c1O. The van der Waals surface area contributed by atoms with Crippen molar-refractivity contribution in [3.63, 3.8) is 0 Å². The number of methoxy groups -OCH3 is 2. The maximum Gasteiger partial charge on any atom is 0.200 e. The number of thioether (sulfide) groups is 1. The van der Waals surface area contributed by atoms with Crippen LogP contribution in [0.15, 0.2) is 17.3 Å². The first-order chi connectivity index (χ1) is 12.6. The van der Waals surface area contributed by atoms with Crippen LogP contribution in [0.5, 0.6) is 17.2 Å². The van der Waals surface area contributed by atoms with Gasteiger partial charge in [-0.3, -0.25) is 0 Å². The van der Waals surface area contributed by atoms with Gasteiger partial charge in [0.2, 0.25) is 5.75 Å². The highest BCUT2D eigenvalue weighted by atomic mass is 32.2. The van der Waals surface area contributed by atoms with E-state index in [1.807, 2.05) is 11.6 Å². The van der Waals surface area contributed by atoms with Crippen LogP contribution in [-0.4, -0.2) is 59.5 Å². The van der Waals surface area contributed by atoms with Gasteiger partial charge in [-0.25, -0.2) is 0 Å². The molecular formula is C18H27N4O3S+. The minimum Gasteiger partial charge on any atom is -0.502 e. The lowest BCUT2D eigenvalue weighted by atomic mass is 10.1. The summed E-state index contributed by atoms with van der Waals surface area (Å²) in [4.78, 5) is 1.69. The summed E-state index contributed by atoms with van der Waals surface area (Å²) >= 11 is 1.74. The summed E-state index contributed by atoms with van der Waals surface area (Å²) in [5, 5.41) is 19.6. The first kappa shape index (κ1) is 18.8. The van der Waals surface area contributed by atoms with Crippen LogP contribution in [0.25, 0.3) is 11.4 Å². The number of piperidine rings is 1. The average Bonchev–Trinajstić information content (AvgIpc) is 3.03. The monoisotopic (exact) mass is 379 g/mol. The molecule has 1 aliphatic rings. The molecule has 2 N–H and O–H groups in total. The Kier molecular flexibility index (Phi) is 6.26. The van der Waals surface area contributed by atoms with Gasteiger partial charge in [-0.2, -0.15) is 0 Å². The van der Waals surface area contributed by atoms with Gasteiger partial charge in [0, 0.05) is 12.6 Å². The van der Waals surface area contributed by atoms with Gasteiger partial charge in [0.05, 0.1) is 39.6 Å². The fraction of sp³-hybridized carbons (Fsp3) is 0.556. The Morgan fingerprint density at radius 1 is 1.12 bits per heavy atom. The van der Waals surface area contributed by atoms with Crippen molar-refractivity contribution in [2.75, 3.05) is 39.6 Å². The van der Waals surface area contributed by atoms with Crippen molar-refractivity contribution >= 4 is 11.8 Å². The molecule has 26 heavy (non-hydrogen) atoms. The quantitative estimate of drug-likeness (QED) is 0.708. The second-order valence-electron chi connectivity index (χ2n) is 6.50. The smallest absolute Gasteiger partial charge is 0.200 e. The largest absolute Gasteiger partial charge is 0.502 e. The van der Waals surface area contributed by atoms with Crippen molar-refractivity contribution < 1.29 is 19.5 Å². The molecule has 142 valence electrons. The van der Waals surface area contributed by atoms with Crippen LogP contribution in [0.2, 0.25) is 0 Å². The molecule has 0 radical (unpaired) electrons. The average molecular weight is 380 g/mol. The van der Waals surface area contributed by atoms with E-state index in [1.165, 1.54) is 46.6 Å². The molecule has 2 aromatic rings. The molecule has 0 amide bonds. The van der Waals surface area contributed by atoms with Crippen molar-refractivity contribution in [1.29, 1.82) is 0 Å². The number of hydrogen-bond acceptors (Lipinski definition) is 6. The van der Waals surface area contributed by atoms with Gasteiger partial charge in [0.25, 0.3) is 0 Å². The van der Waals surface area contributed by atoms with Crippen LogP contribution in [0.1, 0.15) is 19.3 Å². The fourth-order valence-corrected chi connectivity index (χ4v) is 4.25. The molecule has 3 rings (SSSR count). The van der Waals surface area contributed by atoms with Gasteiger partial charge >= 0.3 is 0 Å². The third kappa shape index (κ3) is 4.07. The predicted octanol–water partition coefficient (Wildman–Crippen LogP) is 1.37. The van der Waals surface area contributed by atoms with E-state index in [2.05, 4.69) is 10.2 Å². The Balaban J connectivity index is 1.72. The molecule has 0 atom stereocenters. The predicted molar refractivity (Wildman–Crippen MR) is 101 cm³/mol. The van der Waals surface area contributed by atoms with Crippen LogP contribution in [0.3, 0.4) is 0 Å². The Morgan fingerprint density at radius 3 is 2.38 bits per heavy atom. The van der Waals surface area contributed by atoms with E-state index in [4.69, 9.17) is 9.47 Å². The number of phenols is 1. The number of aromatic hydroxyl groups is 1. The summed E-state index contributed by atoms with van der Waals surface area (Å²) in [5.74, 6) is 2.44. The molecular weight excluding hydrogens is 352 g/mol. The van der Waals surface area contributed by atoms with E-state index in [-0.39, 0.29) is 5.75 Å². The first-order valence-corrected chi connectivity index (χ1v) is 9.93. The molecule has 0 spiro atoms. The zero-order valence-corrected chi connectivity index (χ0v) is 16.4. The van der Waals surface area contributed by atoms with Crippen LogP contribution in [0, 0.1) is 0 Å². The van der Waals surface area contributed by atoms with Crippen molar-refractivity contribution in [3.8, 4) is 28.6 Å². The summed E-state index contributed by atoms with van der Waals surface area (Å²) < 4.78 is 12.4. The maximum atomic E-state index is 10.1. The Bertz CT molecular complexity index is 719. The van der Waals surface area contributed by atoms with Gasteiger partial charge in [-0.05, 0) is 31.4 Å². The summed E-state index contributed by atoms with van der Waals surface area (Å²) in [6.07, 6.45) is 4.07. The van der Waals surface area contributed by atoms with E-state index in [0.717, 1.165) is 28.8 Å². The lowest BCUT2D eigenvalue weighted by molar-refractivity contribution is -0.902. The van der Waals surface area contributed by atoms with E-state index in [1.54, 1.807) is 28.8 Å². The lowest BCUT2D eigenvalue weighted by Gasteiger charge is -2.23. The number of likely N-dealkylation sites (tertiary alicyclic amines) is 1. The molecule has 8 heteroatoms. The van der Waals surface area contributed by atoms with Crippen LogP contribution < -0.4 is 14.4 Å². The molecule has 1 aromatic heterocycles. The second kappa shape index (κ2) is 8.64. The second-order valence-corrected chi connectivity index (χ2v) is 7.57. The zero-order chi connectivity index (χ0) is 18.5. The number of quaternary nitrogens is 1. The Hall–Kier alpha value is -1.93. The standard InChI is InChI=1S/C18H26N4O3S/c1-21-17(13-11-14(24-2)16(23)15(12-13)25-3)19-20-18(21)26-10-9-22-7-5-4-6-8-22/h11-12,23H,4-10H2,1-3H3/p+1. The van der Waals surface area contributed by atoms with E-state index in [9.17, 15) is 5.11 Å². The molecule has 0 bridgehead atoms. The van der Waals surface area contributed by atoms with Crippen LogP contribution >= 0.6 is 11.8 Å². The van der Waals surface area contributed by atoms with Gasteiger partial charge < -0.3 is 24.0 Å². The summed E-state index contributed by atoms with van der Waals surface area (Å²) in [7, 11) is 4.98. The molecule has 1 aromatic carbocycles. The fourth-order valence-electron chi connectivity index (χ4n) is 3.30. The van der Waals surface area contributed by atoms with Crippen molar-refractivity contribution in [2.45, 2.75) is 24.4 Å².